The number of aromatic nitrogens is 1. The van der Waals surface area contributed by atoms with Gasteiger partial charge in [-0.25, -0.2) is 0 Å². The number of hydrogen-bond donors (Lipinski definition) is 3. The second-order valence-corrected chi connectivity index (χ2v) is 8.03. The number of anilines is 1. The van der Waals surface area contributed by atoms with Gasteiger partial charge in [0.25, 0.3) is 5.91 Å². The number of aromatic amines is 1. The summed E-state index contributed by atoms with van der Waals surface area (Å²) in [6.45, 7) is 3.86. The SMILES string of the molecule is COc1cc(OC)cc(-c2ccc3c(c2)NC(=O)/C3=C/c2[nH]c(C)c(CCC(=O)O)c2C)c1. The molecule has 33 heavy (non-hydrogen) atoms. The first-order valence-corrected chi connectivity index (χ1v) is 10.6. The number of benzene rings is 2. The lowest BCUT2D eigenvalue weighted by Crippen LogP contribution is -2.03. The third kappa shape index (κ3) is 4.35. The molecule has 3 aromatic rings. The van der Waals surface area contributed by atoms with E-state index in [4.69, 9.17) is 14.6 Å². The Hall–Kier alpha value is -4.00. The lowest BCUT2D eigenvalue weighted by atomic mass is 9.99. The zero-order chi connectivity index (χ0) is 23.7. The van der Waals surface area contributed by atoms with Crippen molar-refractivity contribution in [3.05, 3.63) is 64.5 Å². The Labute approximate surface area is 192 Å². The summed E-state index contributed by atoms with van der Waals surface area (Å²) in [4.78, 5) is 27.1. The Balaban J connectivity index is 1.70. The van der Waals surface area contributed by atoms with Crippen LogP contribution in [0.3, 0.4) is 0 Å². The summed E-state index contributed by atoms with van der Waals surface area (Å²) in [6.07, 6.45) is 2.35. The number of carbonyl (C=O) groups excluding carboxylic acids is 1. The van der Waals surface area contributed by atoms with Crippen molar-refractivity contribution in [2.75, 3.05) is 19.5 Å². The molecule has 0 atom stereocenters. The van der Waals surface area contributed by atoms with E-state index in [0.717, 1.165) is 44.9 Å². The molecule has 7 heteroatoms. The summed E-state index contributed by atoms with van der Waals surface area (Å²) in [6, 6.07) is 11.5. The molecule has 170 valence electrons. The van der Waals surface area contributed by atoms with Gasteiger partial charge in [-0.3, -0.25) is 9.59 Å². The summed E-state index contributed by atoms with van der Waals surface area (Å²) >= 11 is 0. The van der Waals surface area contributed by atoms with Gasteiger partial charge in [-0.2, -0.15) is 0 Å². The van der Waals surface area contributed by atoms with Crippen molar-refractivity contribution in [1.82, 2.24) is 4.98 Å². The molecule has 1 aromatic heterocycles. The van der Waals surface area contributed by atoms with E-state index >= 15 is 0 Å². The van der Waals surface area contributed by atoms with Crippen molar-refractivity contribution >= 4 is 29.2 Å². The summed E-state index contributed by atoms with van der Waals surface area (Å²) in [5.74, 6) is 0.365. The topological polar surface area (TPSA) is 101 Å². The van der Waals surface area contributed by atoms with E-state index in [1.165, 1.54) is 0 Å². The van der Waals surface area contributed by atoms with Crippen LogP contribution in [0.4, 0.5) is 5.69 Å². The molecule has 1 amide bonds. The van der Waals surface area contributed by atoms with Crippen LogP contribution < -0.4 is 14.8 Å². The Kier molecular flexibility index (Phi) is 5.96. The molecule has 0 bridgehead atoms. The first-order valence-electron chi connectivity index (χ1n) is 10.6. The summed E-state index contributed by atoms with van der Waals surface area (Å²) < 4.78 is 10.7. The quantitative estimate of drug-likeness (QED) is 0.452. The van der Waals surface area contributed by atoms with E-state index in [9.17, 15) is 9.59 Å². The normalized spacial score (nSPS) is 13.7. The van der Waals surface area contributed by atoms with Crippen LogP contribution in [0.2, 0.25) is 0 Å². The number of H-pyrrole nitrogens is 1. The minimum atomic E-state index is -0.830. The second kappa shape index (κ2) is 8.86. The highest BCUT2D eigenvalue weighted by Crippen LogP contribution is 2.38. The second-order valence-electron chi connectivity index (χ2n) is 8.03. The fourth-order valence-corrected chi connectivity index (χ4v) is 4.20. The van der Waals surface area contributed by atoms with Gasteiger partial charge < -0.3 is 24.9 Å². The fraction of sp³-hybridized carbons (Fsp3) is 0.231. The van der Waals surface area contributed by atoms with E-state index in [2.05, 4.69) is 10.3 Å². The number of nitrogens with one attached hydrogen (secondary N) is 2. The number of amides is 1. The molecule has 3 N–H and O–H groups in total. The van der Waals surface area contributed by atoms with Crippen molar-refractivity contribution in [3.63, 3.8) is 0 Å². The molecule has 1 aliphatic heterocycles. The smallest absolute Gasteiger partial charge is 0.303 e. The van der Waals surface area contributed by atoms with Gasteiger partial charge in [0.15, 0.2) is 0 Å². The van der Waals surface area contributed by atoms with Crippen LogP contribution in [-0.4, -0.2) is 36.2 Å². The van der Waals surface area contributed by atoms with Crippen molar-refractivity contribution in [1.29, 1.82) is 0 Å². The van der Waals surface area contributed by atoms with Crippen LogP contribution in [0.1, 0.15) is 34.5 Å². The zero-order valence-electron chi connectivity index (χ0n) is 19.0. The van der Waals surface area contributed by atoms with Crippen LogP contribution in [0, 0.1) is 13.8 Å². The molecular formula is C26H26N2O5. The van der Waals surface area contributed by atoms with Gasteiger partial charge in [0.2, 0.25) is 0 Å². The highest BCUT2D eigenvalue weighted by atomic mass is 16.5. The Morgan fingerprint density at radius 2 is 1.73 bits per heavy atom. The highest BCUT2D eigenvalue weighted by molar-refractivity contribution is 6.35. The molecule has 7 nitrogen and oxygen atoms in total. The Bertz CT molecular complexity index is 1260. The number of fused-ring (bicyclic) bond motifs is 1. The maximum atomic E-state index is 12.8. The predicted molar refractivity (Wildman–Crippen MR) is 128 cm³/mol. The standard InChI is InChI=1S/C26H26N2O5/c1-14-20(7-8-25(29)30)15(2)27-23(14)13-22-21-6-5-16(11-24(21)28-26(22)31)17-9-18(32-3)12-19(10-17)33-4/h5-6,9-13,27H,7-8H2,1-4H3,(H,28,31)(H,29,30)/b22-13+. The number of carboxylic acid groups (broad SMARTS) is 1. The monoisotopic (exact) mass is 446 g/mol. The minimum absolute atomic E-state index is 0.0662. The number of aliphatic carboxylic acids is 1. The van der Waals surface area contributed by atoms with Crippen LogP contribution in [0.25, 0.3) is 22.8 Å². The lowest BCUT2D eigenvalue weighted by molar-refractivity contribution is -0.137. The van der Waals surface area contributed by atoms with Crippen LogP contribution in [-0.2, 0) is 16.0 Å². The van der Waals surface area contributed by atoms with Gasteiger partial charge in [0.05, 0.1) is 19.8 Å². The van der Waals surface area contributed by atoms with Gasteiger partial charge in [-0.05, 0) is 66.8 Å². The molecule has 2 heterocycles. The van der Waals surface area contributed by atoms with Crippen molar-refractivity contribution in [3.8, 4) is 22.6 Å². The van der Waals surface area contributed by atoms with Crippen LogP contribution in [0.5, 0.6) is 11.5 Å². The molecule has 1 aliphatic rings. The van der Waals surface area contributed by atoms with Crippen molar-refractivity contribution in [2.45, 2.75) is 26.7 Å². The van der Waals surface area contributed by atoms with Gasteiger partial charge in [-0.1, -0.05) is 12.1 Å². The number of ether oxygens (including phenoxy) is 2. The first-order chi connectivity index (χ1) is 15.8. The molecule has 4 rings (SSSR count). The molecule has 0 radical (unpaired) electrons. The maximum absolute atomic E-state index is 12.8. The van der Waals surface area contributed by atoms with Crippen LogP contribution >= 0.6 is 0 Å². The van der Waals surface area contributed by atoms with E-state index < -0.39 is 5.97 Å². The van der Waals surface area contributed by atoms with Crippen LogP contribution in [0.15, 0.2) is 36.4 Å². The number of methoxy groups -OCH3 is 2. The third-order valence-corrected chi connectivity index (χ3v) is 6.00. The molecule has 2 aromatic carbocycles. The minimum Gasteiger partial charge on any atom is -0.497 e. The molecular weight excluding hydrogens is 420 g/mol. The van der Waals surface area contributed by atoms with Crippen molar-refractivity contribution in [2.24, 2.45) is 0 Å². The van der Waals surface area contributed by atoms with E-state index in [0.29, 0.717) is 23.5 Å². The highest BCUT2D eigenvalue weighted by Gasteiger charge is 2.25. The van der Waals surface area contributed by atoms with E-state index in [1.54, 1.807) is 14.2 Å². The molecule has 0 aliphatic carbocycles. The summed E-state index contributed by atoms with van der Waals surface area (Å²) in [5.41, 5.74) is 7.63. The molecule has 0 spiro atoms. The third-order valence-electron chi connectivity index (χ3n) is 6.00. The molecule has 0 unspecified atom stereocenters. The van der Waals surface area contributed by atoms with Gasteiger partial charge in [0.1, 0.15) is 11.5 Å². The van der Waals surface area contributed by atoms with Gasteiger partial charge in [0, 0.05) is 35.1 Å². The number of hydrogen-bond acceptors (Lipinski definition) is 4. The van der Waals surface area contributed by atoms with Gasteiger partial charge >= 0.3 is 5.97 Å². The molecule has 0 saturated carbocycles. The van der Waals surface area contributed by atoms with Crippen molar-refractivity contribution < 1.29 is 24.2 Å². The predicted octanol–water partition coefficient (Wildman–Crippen LogP) is 4.83. The summed E-state index contributed by atoms with van der Waals surface area (Å²) in [7, 11) is 3.21. The average Bonchev–Trinajstić information content (AvgIpc) is 3.26. The average molecular weight is 447 g/mol. The Morgan fingerprint density at radius 3 is 2.36 bits per heavy atom. The van der Waals surface area contributed by atoms with E-state index in [-0.39, 0.29) is 12.3 Å². The number of carbonyl (C=O) groups is 2. The first kappa shape index (κ1) is 22.2. The number of aryl methyl sites for hydroxylation is 1. The lowest BCUT2D eigenvalue weighted by Gasteiger charge is -2.10. The fourth-order valence-electron chi connectivity index (χ4n) is 4.20. The zero-order valence-corrected chi connectivity index (χ0v) is 19.0. The largest absolute Gasteiger partial charge is 0.497 e. The summed E-state index contributed by atoms with van der Waals surface area (Å²) in [5, 5.41) is 12.0. The van der Waals surface area contributed by atoms with Gasteiger partial charge in [-0.15, -0.1) is 0 Å². The van der Waals surface area contributed by atoms with E-state index in [1.807, 2.05) is 56.3 Å². The Morgan fingerprint density at radius 1 is 1.03 bits per heavy atom. The molecule has 0 saturated heterocycles. The number of carboxylic acids is 1. The molecule has 0 fully saturated rings. The number of rotatable bonds is 7. The maximum Gasteiger partial charge on any atom is 0.303 e.